The first-order chi connectivity index (χ1) is 9.51. The van der Waals surface area contributed by atoms with E-state index >= 15 is 0 Å². The average Bonchev–Trinajstić information content (AvgIpc) is 2.41. The zero-order chi connectivity index (χ0) is 15.1. The van der Waals surface area contributed by atoms with Gasteiger partial charge in [-0.3, -0.25) is 9.59 Å². The van der Waals surface area contributed by atoms with E-state index in [1.54, 1.807) is 12.1 Å². The third-order valence-electron chi connectivity index (χ3n) is 2.76. The number of ketones is 2. The molecule has 0 N–H and O–H groups in total. The van der Waals surface area contributed by atoms with Crippen molar-refractivity contribution in [3.05, 3.63) is 23.3 Å². The van der Waals surface area contributed by atoms with E-state index in [0.29, 0.717) is 35.8 Å². The lowest BCUT2D eigenvalue weighted by Crippen LogP contribution is -2.08. The van der Waals surface area contributed by atoms with E-state index in [4.69, 9.17) is 9.47 Å². The van der Waals surface area contributed by atoms with Crippen molar-refractivity contribution in [3.8, 4) is 11.5 Å². The Hall–Kier alpha value is -1.84. The molecule has 1 rings (SSSR count). The van der Waals surface area contributed by atoms with E-state index in [1.807, 2.05) is 13.8 Å². The SMILES string of the molecule is CCCOc1cc(OCCC)c(C(C)=O)cc1C(C)=O. The summed E-state index contributed by atoms with van der Waals surface area (Å²) in [6.45, 7) is 7.95. The van der Waals surface area contributed by atoms with Crippen molar-refractivity contribution in [2.45, 2.75) is 40.5 Å². The largest absolute Gasteiger partial charge is 0.493 e. The number of carbonyl (C=O) groups is 2. The molecule has 0 aliphatic carbocycles. The fourth-order valence-corrected chi connectivity index (χ4v) is 1.77. The van der Waals surface area contributed by atoms with E-state index < -0.39 is 0 Å². The lowest BCUT2D eigenvalue weighted by atomic mass is 10.0. The second-order valence-electron chi connectivity index (χ2n) is 4.65. The lowest BCUT2D eigenvalue weighted by molar-refractivity contribution is 0.101. The van der Waals surface area contributed by atoms with Gasteiger partial charge in [0.05, 0.1) is 24.3 Å². The summed E-state index contributed by atoms with van der Waals surface area (Å²) in [4.78, 5) is 23.4. The summed E-state index contributed by atoms with van der Waals surface area (Å²) in [5.41, 5.74) is 0.847. The van der Waals surface area contributed by atoms with Crippen LogP contribution in [0.15, 0.2) is 12.1 Å². The van der Waals surface area contributed by atoms with E-state index in [-0.39, 0.29) is 11.6 Å². The summed E-state index contributed by atoms with van der Waals surface area (Å²) >= 11 is 0. The molecule has 0 fully saturated rings. The van der Waals surface area contributed by atoms with Crippen molar-refractivity contribution in [2.75, 3.05) is 13.2 Å². The van der Waals surface area contributed by atoms with Gasteiger partial charge in [0.2, 0.25) is 0 Å². The Morgan fingerprint density at radius 1 is 0.850 bits per heavy atom. The zero-order valence-electron chi connectivity index (χ0n) is 12.6. The number of benzene rings is 1. The number of hydrogen-bond acceptors (Lipinski definition) is 4. The monoisotopic (exact) mass is 278 g/mol. The second-order valence-corrected chi connectivity index (χ2v) is 4.65. The van der Waals surface area contributed by atoms with E-state index in [1.165, 1.54) is 13.8 Å². The number of carbonyl (C=O) groups excluding carboxylic acids is 2. The van der Waals surface area contributed by atoms with Gasteiger partial charge in [-0.2, -0.15) is 0 Å². The number of hydrogen-bond donors (Lipinski definition) is 0. The van der Waals surface area contributed by atoms with Crippen LogP contribution < -0.4 is 9.47 Å². The molecule has 0 atom stereocenters. The van der Waals surface area contributed by atoms with Gasteiger partial charge in [-0.05, 0) is 32.8 Å². The first-order valence-electron chi connectivity index (χ1n) is 6.96. The van der Waals surface area contributed by atoms with Gasteiger partial charge in [-0.25, -0.2) is 0 Å². The molecule has 0 aliphatic rings. The quantitative estimate of drug-likeness (QED) is 0.681. The summed E-state index contributed by atoms with van der Waals surface area (Å²) in [7, 11) is 0. The van der Waals surface area contributed by atoms with Gasteiger partial charge in [-0.1, -0.05) is 13.8 Å². The summed E-state index contributed by atoms with van der Waals surface area (Å²) in [6.07, 6.45) is 1.69. The molecule has 0 aliphatic heterocycles. The summed E-state index contributed by atoms with van der Waals surface area (Å²) in [5.74, 6) is 0.715. The maximum Gasteiger partial charge on any atom is 0.163 e. The Bertz CT molecular complexity index is 450. The molecule has 0 radical (unpaired) electrons. The highest BCUT2D eigenvalue weighted by Gasteiger charge is 2.17. The van der Waals surface area contributed by atoms with Crippen molar-refractivity contribution in [2.24, 2.45) is 0 Å². The van der Waals surface area contributed by atoms with Crippen molar-refractivity contribution >= 4 is 11.6 Å². The van der Waals surface area contributed by atoms with Crippen LogP contribution >= 0.6 is 0 Å². The summed E-state index contributed by atoms with van der Waals surface area (Å²) in [6, 6.07) is 3.22. The first kappa shape index (κ1) is 16.2. The highest BCUT2D eigenvalue weighted by Crippen LogP contribution is 2.30. The van der Waals surface area contributed by atoms with Gasteiger partial charge in [0.25, 0.3) is 0 Å². The molecule has 0 unspecified atom stereocenters. The standard InChI is InChI=1S/C16H22O4/c1-5-7-19-15-10-16(20-8-6-2)14(12(4)18)9-13(15)11(3)17/h9-10H,5-8H2,1-4H3. The topological polar surface area (TPSA) is 52.6 Å². The molecule has 4 heteroatoms. The molecule has 0 heterocycles. The molecule has 1 aromatic carbocycles. The number of rotatable bonds is 8. The summed E-state index contributed by atoms with van der Waals surface area (Å²) < 4.78 is 11.2. The molecule has 4 nitrogen and oxygen atoms in total. The molecule has 0 amide bonds. The maximum atomic E-state index is 11.7. The van der Waals surface area contributed by atoms with Crippen LogP contribution in [0.25, 0.3) is 0 Å². The molecule has 110 valence electrons. The zero-order valence-corrected chi connectivity index (χ0v) is 12.6. The second kappa shape index (κ2) is 7.68. The van der Waals surface area contributed by atoms with E-state index in [0.717, 1.165) is 12.8 Å². The molecule has 1 aromatic rings. The minimum Gasteiger partial charge on any atom is -0.493 e. The molecule has 0 saturated heterocycles. The fraction of sp³-hybridized carbons (Fsp3) is 0.500. The highest BCUT2D eigenvalue weighted by atomic mass is 16.5. The molecular formula is C16H22O4. The lowest BCUT2D eigenvalue weighted by Gasteiger charge is -2.15. The Kier molecular flexibility index (Phi) is 6.22. The van der Waals surface area contributed by atoms with Crippen LogP contribution in [-0.2, 0) is 0 Å². The fourth-order valence-electron chi connectivity index (χ4n) is 1.77. The Balaban J connectivity index is 3.27. The van der Waals surface area contributed by atoms with Crippen molar-refractivity contribution < 1.29 is 19.1 Å². The average molecular weight is 278 g/mol. The van der Waals surface area contributed by atoms with Crippen LogP contribution in [0.5, 0.6) is 11.5 Å². The Morgan fingerprint density at radius 2 is 1.25 bits per heavy atom. The highest BCUT2D eigenvalue weighted by molar-refractivity contribution is 6.03. The van der Waals surface area contributed by atoms with Crippen LogP contribution in [0.2, 0.25) is 0 Å². The number of Topliss-reactive ketones (excluding diaryl/α,β-unsaturated/α-hetero) is 2. The number of ether oxygens (including phenoxy) is 2. The smallest absolute Gasteiger partial charge is 0.163 e. The predicted molar refractivity (Wildman–Crippen MR) is 78.0 cm³/mol. The van der Waals surface area contributed by atoms with Crippen LogP contribution in [0.1, 0.15) is 61.3 Å². The third-order valence-corrected chi connectivity index (χ3v) is 2.76. The van der Waals surface area contributed by atoms with Crippen molar-refractivity contribution in [3.63, 3.8) is 0 Å². The van der Waals surface area contributed by atoms with Crippen LogP contribution in [-0.4, -0.2) is 24.8 Å². The molecule has 0 aromatic heterocycles. The van der Waals surface area contributed by atoms with Gasteiger partial charge in [-0.15, -0.1) is 0 Å². The third kappa shape index (κ3) is 4.08. The van der Waals surface area contributed by atoms with Gasteiger partial charge in [0, 0.05) is 6.07 Å². The predicted octanol–water partition coefficient (Wildman–Crippen LogP) is 3.67. The summed E-state index contributed by atoms with van der Waals surface area (Å²) in [5, 5.41) is 0. The normalized spacial score (nSPS) is 10.2. The first-order valence-corrected chi connectivity index (χ1v) is 6.96. The van der Waals surface area contributed by atoms with Gasteiger partial charge < -0.3 is 9.47 Å². The minimum atomic E-state index is -0.124. The van der Waals surface area contributed by atoms with Gasteiger partial charge >= 0.3 is 0 Å². The van der Waals surface area contributed by atoms with Crippen molar-refractivity contribution in [1.82, 2.24) is 0 Å². The van der Waals surface area contributed by atoms with E-state index in [2.05, 4.69) is 0 Å². The van der Waals surface area contributed by atoms with Crippen LogP contribution in [0.4, 0.5) is 0 Å². The molecule has 0 spiro atoms. The van der Waals surface area contributed by atoms with Crippen molar-refractivity contribution in [1.29, 1.82) is 0 Å². The molecule has 0 saturated carbocycles. The van der Waals surface area contributed by atoms with E-state index in [9.17, 15) is 9.59 Å². The van der Waals surface area contributed by atoms with Gasteiger partial charge in [0.15, 0.2) is 11.6 Å². The van der Waals surface area contributed by atoms with Crippen LogP contribution in [0, 0.1) is 0 Å². The molecular weight excluding hydrogens is 256 g/mol. The Labute approximate surface area is 120 Å². The minimum absolute atomic E-state index is 0.124. The maximum absolute atomic E-state index is 11.7. The molecule has 20 heavy (non-hydrogen) atoms. The molecule has 0 bridgehead atoms. The van der Waals surface area contributed by atoms with Crippen LogP contribution in [0.3, 0.4) is 0 Å². The Morgan fingerprint density at radius 3 is 1.55 bits per heavy atom. The van der Waals surface area contributed by atoms with Gasteiger partial charge in [0.1, 0.15) is 11.5 Å².